The summed E-state index contributed by atoms with van der Waals surface area (Å²) in [7, 11) is 0. The molecule has 1 aromatic heterocycles. The highest BCUT2D eigenvalue weighted by Crippen LogP contribution is 2.08. The van der Waals surface area contributed by atoms with Crippen LogP contribution in [0.5, 0.6) is 0 Å². The normalized spacial score (nSPS) is 11.8. The van der Waals surface area contributed by atoms with Crippen molar-refractivity contribution in [1.29, 1.82) is 0 Å². The van der Waals surface area contributed by atoms with Crippen molar-refractivity contribution in [3.05, 3.63) is 59.9 Å². The van der Waals surface area contributed by atoms with Gasteiger partial charge in [-0.25, -0.2) is 0 Å². The standard InChI is InChI=1S/C19H28N2/c1-19(2,3)20-15-18-12-14-21(16-18)13-8-7-11-17-9-5-4-6-10-17/h4-6,9-10,12,14,16,20H,7-8,11,13,15H2,1-3H3. The van der Waals surface area contributed by atoms with Gasteiger partial charge in [-0.3, -0.25) is 0 Å². The molecule has 21 heavy (non-hydrogen) atoms. The van der Waals surface area contributed by atoms with Crippen molar-refractivity contribution in [3.63, 3.8) is 0 Å². The van der Waals surface area contributed by atoms with Crippen LogP contribution < -0.4 is 5.32 Å². The summed E-state index contributed by atoms with van der Waals surface area (Å²) in [4.78, 5) is 0. The number of aromatic nitrogens is 1. The lowest BCUT2D eigenvalue weighted by Crippen LogP contribution is -2.34. The van der Waals surface area contributed by atoms with Gasteiger partial charge in [-0.05, 0) is 57.2 Å². The van der Waals surface area contributed by atoms with E-state index in [0.29, 0.717) is 0 Å². The van der Waals surface area contributed by atoms with E-state index in [2.05, 4.69) is 79.4 Å². The van der Waals surface area contributed by atoms with Gasteiger partial charge in [-0.15, -0.1) is 0 Å². The Bertz CT molecular complexity index is 520. The van der Waals surface area contributed by atoms with Gasteiger partial charge in [0.2, 0.25) is 0 Å². The minimum absolute atomic E-state index is 0.178. The molecule has 0 radical (unpaired) electrons. The van der Waals surface area contributed by atoms with Crippen LogP contribution in [-0.2, 0) is 19.5 Å². The highest BCUT2D eigenvalue weighted by molar-refractivity contribution is 5.14. The second-order valence-corrected chi connectivity index (χ2v) is 6.80. The third-order valence-corrected chi connectivity index (χ3v) is 3.61. The lowest BCUT2D eigenvalue weighted by Gasteiger charge is -2.19. The lowest BCUT2D eigenvalue weighted by molar-refractivity contribution is 0.424. The Morgan fingerprint density at radius 3 is 2.43 bits per heavy atom. The summed E-state index contributed by atoms with van der Waals surface area (Å²) in [6.45, 7) is 8.66. The number of benzene rings is 1. The maximum Gasteiger partial charge on any atom is 0.0225 e. The number of hydrogen-bond acceptors (Lipinski definition) is 1. The summed E-state index contributed by atoms with van der Waals surface area (Å²) in [5, 5.41) is 3.53. The molecule has 0 amide bonds. The van der Waals surface area contributed by atoms with Gasteiger partial charge in [0.15, 0.2) is 0 Å². The van der Waals surface area contributed by atoms with E-state index in [1.165, 1.54) is 30.4 Å². The zero-order chi connectivity index (χ0) is 15.1. The summed E-state index contributed by atoms with van der Waals surface area (Å²) in [6, 6.07) is 13.0. The molecule has 2 nitrogen and oxygen atoms in total. The third kappa shape index (κ3) is 6.17. The highest BCUT2D eigenvalue weighted by Gasteiger charge is 2.08. The first-order valence-corrected chi connectivity index (χ1v) is 7.96. The summed E-state index contributed by atoms with van der Waals surface area (Å²) in [6.07, 6.45) is 8.12. The fraction of sp³-hybridized carbons (Fsp3) is 0.474. The van der Waals surface area contributed by atoms with Crippen LogP contribution in [0.25, 0.3) is 0 Å². The van der Waals surface area contributed by atoms with E-state index in [1.807, 2.05) is 0 Å². The van der Waals surface area contributed by atoms with Crippen molar-refractivity contribution in [1.82, 2.24) is 9.88 Å². The van der Waals surface area contributed by atoms with E-state index in [0.717, 1.165) is 13.1 Å². The summed E-state index contributed by atoms with van der Waals surface area (Å²) in [5.74, 6) is 0. The predicted molar refractivity (Wildman–Crippen MR) is 90.4 cm³/mol. The number of rotatable bonds is 7. The Balaban J connectivity index is 1.68. The average molecular weight is 284 g/mol. The van der Waals surface area contributed by atoms with Crippen LogP contribution in [0.1, 0.15) is 44.7 Å². The first-order valence-electron chi connectivity index (χ1n) is 7.96. The molecule has 0 saturated heterocycles. The van der Waals surface area contributed by atoms with E-state index >= 15 is 0 Å². The molecule has 1 heterocycles. The Hall–Kier alpha value is -1.54. The van der Waals surface area contributed by atoms with Crippen LogP contribution in [-0.4, -0.2) is 10.1 Å². The van der Waals surface area contributed by atoms with E-state index in [-0.39, 0.29) is 5.54 Å². The van der Waals surface area contributed by atoms with Crippen molar-refractivity contribution in [3.8, 4) is 0 Å². The molecular weight excluding hydrogens is 256 g/mol. The fourth-order valence-corrected chi connectivity index (χ4v) is 2.37. The molecule has 0 saturated carbocycles. The molecule has 0 aliphatic carbocycles. The van der Waals surface area contributed by atoms with Crippen molar-refractivity contribution < 1.29 is 0 Å². The highest BCUT2D eigenvalue weighted by atomic mass is 15.0. The van der Waals surface area contributed by atoms with Crippen LogP contribution in [0.2, 0.25) is 0 Å². The van der Waals surface area contributed by atoms with Crippen LogP contribution >= 0.6 is 0 Å². The Kier molecular flexibility index (Phi) is 5.63. The Labute approximate surface area is 129 Å². The maximum absolute atomic E-state index is 3.53. The molecule has 0 fully saturated rings. The molecule has 114 valence electrons. The van der Waals surface area contributed by atoms with Crippen molar-refractivity contribution >= 4 is 0 Å². The van der Waals surface area contributed by atoms with Crippen LogP contribution in [0.4, 0.5) is 0 Å². The quantitative estimate of drug-likeness (QED) is 0.746. The van der Waals surface area contributed by atoms with E-state index < -0.39 is 0 Å². The van der Waals surface area contributed by atoms with Gasteiger partial charge in [0.05, 0.1) is 0 Å². The smallest absolute Gasteiger partial charge is 0.0225 e. The zero-order valence-electron chi connectivity index (χ0n) is 13.6. The molecule has 0 spiro atoms. The monoisotopic (exact) mass is 284 g/mol. The van der Waals surface area contributed by atoms with Crippen molar-refractivity contribution in [2.45, 2.75) is 58.7 Å². The summed E-state index contributed by atoms with van der Waals surface area (Å²) >= 11 is 0. The SMILES string of the molecule is CC(C)(C)NCc1ccn(CCCCc2ccccc2)c1. The third-order valence-electron chi connectivity index (χ3n) is 3.61. The van der Waals surface area contributed by atoms with Crippen molar-refractivity contribution in [2.24, 2.45) is 0 Å². The van der Waals surface area contributed by atoms with Gasteiger partial charge >= 0.3 is 0 Å². The Morgan fingerprint density at radius 2 is 1.71 bits per heavy atom. The molecule has 0 atom stereocenters. The molecule has 1 aromatic carbocycles. The predicted octanol–water partition coefficient (Wildman–Crippen LogP) is 4.40. The molecule has 0 bridgehead atoms. The van der Waals surface area contributed by atoms with Crippen LogP contribution in [0.3, 0.4) is 0 Å². The molecule has 0 aliphatic rings. The first-order chi connectivity index (χ1) is 10.0. The van der Waals surface area contributed by atoms with Crippen LogP contribution in [0, 0.1) is 0 Å². The average Bonchev–Trinajstić information content (AvgIpc) is 2.90. The van der Waals surface area contributed by atoms with Gasteiger partial charge in [0.1, 0.15) is 0 Å². The number of aryl methyl sites for hydroxylation is 2. The number of nitrogens with zero attached hydrogens (tertiary/aromatic N) is 1. The largest absolute Gasteiger partial charge is 0.354 e. The van der Waals surface area contributed by atoms with Gasteiger partial charge in [0, 0.05) is 31.0 Å². The van der Waals surface area contributed by atoms with Gasteiger partial charge < -0.3 is 9.88 Å². The molecule has 0 aliphatic heterocycles. The molecule has 1 N–H and O–H groups in total. The second kappa shape index (κ2) is 7.46. The number of unbranched alkanes of at least 4 members (excludes halogenated alkanes) is 1. The summed E-state index contributed by atoms with van der Waals surface area (Å²) in [5.41, 5.74) is 2.99. The molecule has 0 unspecified atom stereocenters. The first kappa shape index (κ1) is 15.8. The zero-order valence-corrected chi connectivity index (χ0v) is 13.6. The van der Waals surface area contributed by atoms with Gasteiger partial charge in [-0.1, -0.05) is 30.3 Å². The molecule has 2 rings (SSSR count). The second-order valence-electron chi connectivity index (χ2n) is 6.80. The Morgan fingerprint density at radius 1 is 0.952 bits per heavy atom. The maximum atomic E-state index is 3.53. The topological polar surface area (TPSA) is 17.0 Å². The fourth-order valence-electron chi connectivity index (χ4n) is 2.37. The van der Waals surface area contributed by atoms with Gasteiger partial charge in [-0.2, -0.15) is 0 Å². The molecule has 2 aromatic rings. The molecule has 2 heteroatoms. The summed E-state index contributed by atoms with van der Waals surface area (Å²) < 4.78 is 2.31. The molecular formula is C19H28N2. The number of hydrogen-bond donors (Lipinski definition) is 1. The minimum Gasteiger partial charge on any atom is -0.354 e. The van der Waals surface area contributed by atoms with E-state index in [4.69, 9.17) is 0 Å². The van der Waals surface area contributed by atoms with Crippen molar-refractivity contribution in [2.75, 3.05) is 0 Å². The van der Waals surface area contributed by atoms with E-state index in [1.54, 1.807) is 0 Å². The number of nitrogens with one attached hydrogen (secondary N) is 1. The minimum atomic E-state index is 0.178. The van der Waals surface area contributed by atoms with Gasteiger partial charge in [0.25, 0.3) is 0 Å². The lowest BCUT2D eigenvalue weighted by atomic mass is 10.1. The van der Waals surface area contributed by atoms with Crippen LogP contribution in [0.15, 0.2) is 48.8 Å². The van der Waals surface area contributed by atoms with E-state index in [9.17, 15) is 0 Å².